The number of carbonyl (C=O) groups is 1. The first kappa shape index (κ1) is 13.3. The summed E-state index contributed by atoms with van der Waals surface area (Å²) in [7, 11) is 1.60. The minimum absolute atomic E-state index is 0.368. The van der Waals surface area contributed by atoms with Crippen molar-refractivity contribution in [1.82, 2.24) is 4.98 Å². The molecular weight excluding hydrogens is 262 g/mol. The molecule has 0 fully saturated rings. The van der Waals surface area contributed by atoms with Gasteiger partial charge in [-0.15, -0.1) is 0 Å². The van der Waals surface area contributed by atoms with Crippen molar-refractivity contribution in [2.75, 3.05) is 7.11 Å². The molecule has 0 amide bonds. The van der Waals surface area contributed by atoms with Crippen LogP contribution in [0.1, 0.15) is 11.3 Å². The van der Waals surface area contributed by atoms with Crippen molar-refractivity contribution in [3.8, 4) is 5.75 Å². The number of methoxy groups -OCH3 is 1. The Labute approximate surface area is 116 Å². The van der Waals surface area contributed by atoms with E-state index in [4.69, 9.17) is 16.3 Å². The van der Waals surface area contributed by atoms with E-state index >= 15 is 0 Å². The molecule has 0 aliphatic carbocycles. The lowest BCUT2D eigenvalue weighted by Crippen LogP contribution is -1.95. The van der Waals surface area contributed by atoms with Crippen LogP contribution >= 0.6 is 11.6 Å². The third-order valence-corrected chi connectivity index (χ3v) is 2.78. The number of nitrogens with zero attached hydrogens (tertiary/aromatic N) is 1. The standard InChI is InChI=1S/C15H12ClNO2/c1-19-12-7-5-11(6-8-12)10-13(15(16)18)14-4-2-3-9-17-14/h2-10H,1H3/b13-10+. The zero-order chi connectivity index (χ0) is 13.7. The van der Waals surface area contributed by atoms with Gasteiger partial charge in [-0.05, 0) is 47.5 Å². The van der Waals surface area contributed by atoms with Crippen LogP contribution in [0.2, 0.25) is 0 Å². The normalized spacial score (nSPS) is 11.2. The zero-order valence-electron chi connectivity index (χ0n) is 10.3. The fourth-order valence-electron chi connectivity index (χ4n) is 1.62. The lowest BCUT2D eigenvalue weighted by atomic mass is 10.1. The van der Waals surface area contributed by atoms with E-state index in [1.807, 2.05) is 30.3 Å². The first-order valence-corrected chi connectivity index (χ1v) is 6.05. The highest BCUT2D eigenvalue weighted by molar-refractivity contribution is 6.75. The second kappa shape index (κ2) is 6.16. The van der Waals surface area contributed by atoms with Gasteiger partial charge in [-0.25, -0.2) is 0 Å². The van der Waals surface area contributed by atoms with Gasteiger partial charge in [-0.1, -0.05) is 18.2 Å². The average Bonchev–Trinajstić information content (AvgIpc) is 2.46. The fraction of sp³-hybridized carbons (Fsp3) is 0.0667. The number of rotatable bonds is 4. The summed E-state index contributed by atoms with van der Waals surface area (Å²) >= 11 is 5.61. The molecular formula is C15H12ClNO2. The number of benzene rings is 1. The number of carbonyl (C=O) groups excluding carboxylic acids is 1. The largest absolute Gasteiger partial charge is 0.497 e. The smallest absolute Gasteiger partial charge is 0.254 e. The van der Waals surface area contributed by atoms with E-state index in [2.05, 4.69) is 4.98 Å². The highest BCUT2D eigenvalue weighted by atomic mass is 35.5. The topological polar surface area (TPSA) is 39.2 Å². The zero-order valence-corrected chi connectivity index (χ0v) is 11.1. The van der Waals surface area contributed by atoms with E-state index < -0.39 is 5.24 Å². The molecule has 0 saturated carbocycles. The molecule has 0 bridgehead atoms. The molecule has 96 valence electrons. The van der Waals surface area contributed by atoms with E-state index in [9.17, 15) is 4.79 Å². The predicted molar refractivity (Wildman–Crippen MR) is 76.0 cm³/mol. The van der Waals surface area contributed by atoms with Gasteiger partial charge in [0.15, 0.2) is 0 Å². The molecule has 1 aromatic carbocycles. The Morgan fingerprint density at radius 2 is 1.95 bits per heavy atom. The van der Waals surface area contributed by atoms with Crippen LogP contribution in [0.3, 0.4) is 0 Å². The van der Waals surface area contributed by atoms with Crippen LogP contribution in [0.5, 0.6) is 5.75 Å². The van der Waals surface area contributed by atoms with Crippen molar-refractivity contribution < 1.29 is 9.53 Å². The SMILES string of the molecule is COc1ccc(/C=C(/C(=O)Cl)c2ccccn2)cc1. The molecule has 2 rings (SSSR count). The van der Waals surface area contributed by atoms with E-state index in [1.54, 1.807) is 31.5 Å². The molecule has 2 aromatic rings. The monoisotopic (exact) mass is 273 g/mol. The lowest BCUT2D eigenvalue weighted by Gasteiger charge is -2.03. The first-order chi connectivity index (χ1) is 9.20. The Balaban J connectivity index is 2.38. The molecule has 4 heteroatoms. The average molecular weight is 274 g/mol. The minimum atomic E-state index is -0.533. The van der Waals surface area contributed by atoms with E-state index in [0.717, 1.165) is 11.3 Å². The molecule has 0 N–H and O–H groups in total. The van der Waals surface area contributed by atoms with Gasteiger partial charge in [-0.2, -0.15) is 0 Å². The van der Waals surface area contributed by atoms with Crippen LogP contribution in [-0.4, -0.2) is 17.3 Å². The predicted octanol–water partition coefficient (Wildman–Crippen LogP) is 3.40. The van der Waals surface area contributed by atoms with Crippen LogP contribution in [0, 0.1) is 0 Å². The van der Waals surface area contributed by atoms with E-state index in [0.29, 0.717) is 11.3 Å². The molecule has 0 spiro atoms. The maximum absolute atomic E-state index is 11.5. The Morgan fingerprint density at radius 3 is 2.47 bits per heavy atom. The number of pyridine rings is 1. The molecule has 0 radical (unpaired) electrons. The Kier molecular flexibility index (Phi) is 4.31. The fourth-order valence-corrected chi connectivity index (χ4v) is 1.77. The second-order valence-electron chi connectivity index (χ2n) is 3.82. The highest BCUT2D eigenvalue weighted by Gasteiger charge is 2.10. The Bertz CT molecular complexity index is 591. The van der Waals surface area contributed by atoms with Crippen LogP contribution in [0.15, 0.2) is 48.7 Å². The van der Waals surface area contributed by atoms with Crippen molar-refractivity contribution >= 4 is 28.5 Å². The molecule has 0 saturated heterocycles. The third kappa shape index (κ3) is 3.42. The first-order valence-electron chi connectivity index (χ1n) is 5.67. The lowest BCUT2D eigenvalue weighted by molar-refractivity contribution is -0.106. The van der Waals surface area contributed by atoms with E-state index in [-0.39, 0.29) is 0 Å². The van der Waals surface area contributed by atoms with Crippen molar-refractivity contribution in [3.63, 3.8) is 0 Å². The summed E-state index contributed by atoms with van der Waals surface area (Å²) in [5, 5.41) is -0.533. The van der Waals surface area contributed by atoms with Gasteiger partial charge >= 0.3 is 0 Å². The molecule has 0 aliphatic rings. The molecule has 1 heterocycles. The van der Waals surface area contributed by atoms with Crippen molar-refractivity contribution in [2.45, 2.75) is 0 Å². The summed E-state index contributed by atoms with van der Waals surface area (Å²) in [6.07, 6.45) is 3.33. The molecule has 19 heavy (non-hydrogen) atoms. The van der Waals surface area contributed by atoms with Crippen LogP contribution in [-0.2, 0) is 4.79 Å². The Morgan fingerprint density at radius 1 is 1.21 bits per heavy atom. The van der Waals surface area contributed by atoms with Crippen LogP contribution in [0.25, 0.3) is 11.6 Å². The maximum atomic E-state index is 11.5. The van der Waals surface area contributed by atoms with E-state index in [1.165, 1.54) is 0 Å². The summed E-state index contributed by atoms with van der Waals surface area (Å²) in [5.41, 5.74) is 1.78. The summed E-state index contributed by atoms with van der Waals surface area (Å²) in [6.45, 7) is 0. The summed E-state index contributed by atoms with van der Waals surface area (Å²) in [5.74, 6) is 0.758. The third-order valence-electron chi connectivity index (χ3n) is 2.58. The van der Waals surface area contributed by atoms with Crippen LogP contribution in [0.4, 0.5) is 0 Å². The number of aromatic nitrogens is 1. The quantitative estimate of drug-likeness (QED) is 0.633. The summed E-state index contributed by atoms with van der Waals surface area (Å²) < 4.78 is 5.08. The van der Waals surface area contributed by atoms with Gasteiger partial charge in [0.25, 0.3) is 5.24 Å². The van der Waals surface area contributed by atoms with Gasteiger partial charge in [0.1, 0.15) is 5.75 Å². The number of allylic oxidation sites excluding steroid dienone is 1. The molecule has 1 aromatic heterocycles. The summed E-state index contributed by atoms with van der Waals surface area (Å²) in [4.78, 5) is 15.6. The summed E-state index contributed by atoms with van der Waals surface area (Å²) in [6, 6.07) is 12.7. The van der Waals surface area contributed by atoms with Crippen molar-refractivity contribution in [3.05, 3.63) is 59.9 Å². The van der Waals surface area contributed by atoms with Gasteiger partial charge < -0.3 is 4.74 Å². The van der Waals surface area contributed by atoms with Crippen LogP contribution < -0.4 is 4.74 Å². The Hall–Kier alpha value is -2.13. The number of halogens is 1. The molecule has 0 aliphatic heterocycles. The maximum Gasteiger partial charge on any atom is 0.254 e. The molecule has 0 atom stereocenters. The number of hydrogen-bond donors (Lipinski definition) is 0. The highest BCUT2D eigenvalue weighted by Crippen LogP contribution is 2.20. The van der Waals surface area contributed by atoms with Crippen molar-refractivity contribution in [2.24, 2.45) is 0 Å². The van der Waals surface area contributed by atoms with Crippen molar-refractivity contribution in [1.29, 1.82) is 0 Å². The van der Waals surface area contributed by atoms with Gasteiger partial charge in [0, 0.05) is 6.20 Å². The minimum Gasteiger partial charge on any atom is -0.497 e. The van der Waals surface area contributed by atoms with Gasteiger partial charge in [0.2, 0.25) is 0 Å². The van der Waals surface area contributed by atoms with Gasteiger partial charge in [0.05, 0.1) is 18.4 Å². The number of ether oxygens (including phenoxy) is 1. The molecule has 3 nitrogen and oxygen atoms in total. The number of hydrogen-bond acceptors (Lipinski definition) is 3. The molecule has 0 unspecified atom stereocenters. The second-order valence-corrected chi connectivity index (χ2v) is 4.16. The van der Waals surface area contributed by atoms with Gasteiger partial charge in [-0.3, -0.25) is 9.78 Å².